The van der Waals surface area contributed by atoms with E-state index in [-0.39, 0.29) is 5.91 Å². The van der Waals surface area contributed by atoms with Gasteiger partial charge in [-0.3, -0.25) is 15.1 Å². The highest BCUT2D eigenvalue weighted by molar-refractivity contribution is 7.15. The van der Waals surface area contributed by atoms with Crippen molar-refractivity contribution >= 4 is 22.4 Å². The monoisotopic (exact) mass is 263 g/mol. The van der Waals surface area contributed by atoms with E-state index in [1.54, 1.807) is 18.3 Å². The molecule has 0 bridgehead atoms. The fourth-order valence-corrected chi connectivity index (χ4v) is 1.95. The fraction of sp³-hybridized carbons (Fsp3) is 0.273. The average Bonchev–Trinajstić information content (AvgIpc) is 2.78. The van der Waals surface area contributed by atoms with E-state index in [1.807, 2.05) is 13.8 Å². The maximum absolute atomic E-state index is 11.8. The highest BCUT2D eigenvalue weighted by Crippen LogP contribution is 2.24. The molecule has 0 unspecified atom stereocenters. The summed E-state index contributed by atoms with van der Waals surface area (Å²) in [5.41, 5.74) is 5.81. The molecule has 18 heavy (non-hydrogen) atoms. The van der Waals surface area contributed by atoms with Crippen LogP contribution in [-0.2, 0) is 5.54 Å². The Morgan fingerprint density at radius 3 is 2.78 bits per heavy atom. The van der Waals surface area contributed by atoms with E-state index < -0.39 is 5.54 Å². The summed E-state index contributed by atoms with van der Waals surface area (Å²) in [4.78, 5) is 15.7. The van der Waals surface area contributed by atoms with E-state index in [4.69, 9.17) is 5.73 Å². The molecule has 1 amide bonds. The van der Waals surface area contributed by atoms with Crippen molar-refractivity contribution in [2.75, 3.05) is 5.32 Å². The predicted molar refractivity (Wildman–Crippen MR) is 69.3 cm³/mol. The molecule has 0 spiro atoms. The number of anilines is 1. The number of nitrogens with two attached hydrogens (primary N) is 1. The Morgan fingerprint density at radius 2 is 2.22 bits per heavy atom. The molecule has 94 valence electrons. The van der Waals surface area contributed by atoms with Gasteiger partial charge in [-0.05, 0) is 26.0 Å². The second kappa shape index (κ2) is 4.79. The summed E-state index contributed by atoms with van der Waals surface area (Å²) in [6, 6.07) is 3.38. The minimum absolute atomic E-state index is 0.263. The van der Waals surface area contributed by atoms with Gasteiger partial charge in [0.1, 0.15) is 5.01 Å². The number of hydrogen-bond donors (Lipinski definition) is 2. The SMILES string of the molecule is CC(C)(N)c1nnc(NC(=O)c2cccnc2)s1. The van der Waals surface area contributed by atoms with Gasteiger partial charge in [0.2, 0.25) is 5.13 Å². The molecule has 7 heteroatoms. The van der Waals surface area contributed by atoms with Gasteiger partial charge >= 0.3 is 0 Å². The van der Waals surface area contributed by atoms with Gasteiger partial charge in [0.15, 0.2) is 0 Å². The number of pyridine rings is 1. The van der Waals surface area contributed by atoms with Crippen molar-refractivity contribution in [3.05, 3.63) is 35.1 Å². The van der Waals surface area contributed by atoms with Gasteiger partial charge in [0.05, 0.1) is 11.1 Å². The summed E-state index contributed by atoms with van der Waals surface area (Å²) in [7, 11) is 0. The summed E-state index contributed by atoms with van der Waals surface area (Å²) in [6.45, 7) is 3.67. The van der Waals surface area contributed by atoms with Crippen molar-refractivity contribution in [3.63, 3.8) is 0 Å². The smallest absolute Gasteiger partial charge is 0.259 e. The van der Waals surface area contributed by atoms with Crippen LogP contribution in [0.25, 0.3) is 0 Å². The molecule has 0 saturated heterocycles. The molecular formula is C11H13N5OS. The van der Waals surface area contributed by atoms with Crippen LogP contribution in [0.2, 0.25) is 0 Å². The van der Waals surface area contributed by atoms with Gasteiger partial charge < -0.3 is 5.73 Å². The summed E-state index contributed by atoms with van der Waals surface area (Å²) >= 11 is 1.26. The van der Waals surface area contributed by atoms with Crippen LogP contribution < -0.4 is 11.1 Å². The molecule has 2 aromatic rings. The third-order valence-electron chi connectivity index (χ3n) is 2.12. The molecule has 0 fully saturated rings. The van der Waals surface area contributed by atoms with Gasteiger partial charge in [-0.1, -0.05) is 11.3 Å². The van der Waals surface area contributed by atoms with E-state index in [9.17, 15) is 4.79 Å². The van der Waals surface area contributed by atoms with Crippen LogP contribution in [0.4, 0.5) is 5.13 Å². The van der Waals surface area contributed by atoms with Crippen LogP contribution in [-0.4, -0.2) is 21.1 Å². The lowest BCUT2D eigenvalue weighted by molar-refractivity contribution is 0.102. The average molecular weight is 263 g/mol. The van der Waals surface area contributed by atoms with Crippen molar-refractivity contribution in [1.29, 1.82) is 0 Å². The zero-order valence-electron chi connectivity index (χ0n) is 10.0. The number of carbonyl (C=O) groups excluding carboxylic acids is 1. The summed E-state index contributed by atoms with van der Waals surface area (Å²) < 4.78 is 0. The van der Waals surface area contributed by atoms with Gasteiger partial charge in [-0.25, -0.2) is 0 Å². The molecule has 0 saturated carbocycles. The minimum Gasteiger partial charge on any atom is -0.320 e. The number of carbonyl (C=O) groups is 1. The predicted octanol–water partition coefficient (Wildman–Crippen LogP) is 1.38. The van der Waals surface area contributed by atoms with E-state index >= 15 is 0 Å². The second-order valence-corrected chi connectivity index (χ2v) is 5.31. The first-order valence-electron chi connectivity index (χ1n) is 5.31. The maximum Gasteiger partial charge on any atom is 0.259 e. The van der Waals surface area contributed by atoms with Crippen molar-refractivity contribution in [2.45, 2.75) is 19.4 Å². The molecule has 0 aliphatic carbocycles. The van der Waals surface area contributed by atoms with E-state index in [1.165, 1.54) is 17.5 Å². The van der Waals surface area contributed by atoms with Crippen LogP contribution in [0.15, 0.2) is 24.5 Å². The van der Waals surface area contributed by atoms with Gasteiger partial charge in [0, 0.05) is 12.4 Å². The minimum atomic E-state index is -0.561. The lowest BCUT2D eigenvalue weighted by Crippen LogP contribution is -2.28. The first-order valence-corrected chi connectivity index (χ1v) is 6.13. The van der Waals surface area contributed by atoms with Gasteiger partial charge in [-0.2, -0.15) is 0 Å². The Morgan fingerprint density at radius 1 is 1.44 bits per heavy atom. The zero-order valence-corrected chi connectivity index (χ0v) is 10.9. The molecule has 2 rings (SSSR count). The molecule has 0 atom stereocenters. The standard InChI is InChI=1S/C11H13N5OS/c1-11(2,12)9-15-16-10(18-9)14-8(17)7-4-3-5-13-6-7/h3-6H,12H2,1-2H3,(H,14,16,17). The van der Waals surface area contributed by atoms with Crippen molar-refractivity contribution in [3.8, 4) is 0 Å². The second-order valence-electron chi connectivity index (χ2n) is 4.33. The summed E-state index contributed by atoms with van der Waals surface area (Å²) in [6.07, 6.45) is 3.10. The van der Waals surface area contributed by atoms with Crippen LogP contribution in [0, 0.1) is 0 Å². The molecule has 6 nitrogen and oxygen atoms in total. The number of rotatable bonds is 3. The van der Waals surface area contributed by atoms with Crippen LogP contribution in [0.1, 0.15) is 29.2 Å². The normalized spacial score (nSPS) is 11.3. The lowest BCUT2D eigenvalue weighted by Gasteiger charge is -2.12. The van der Waals surface area contributed by atoms with Gasteiger partial charge in [-0.15, -0.1) is 10.2 Å². The van der Waals surface area contributed by atoms with E-state index in [0.717, 1.165) is 0 Å². The molecule has 0 aromatic carbocycles. The summed E-state index contributed by atoms with van der Waals surface area (Å²) in [5.74, 6) is -0.263. The Labute approximate surface area is 108 Å². The molecular weight excluding hydrogens is 250 g/mol. The lowest BCUT2D eigenvalue weighted by atomic mass is 10.1. The zero-order chi connectivity index (χ0) is 13.2. The number of aromatic nitrogens is 3. The first kappa shape index (κ1) is 12.6. The van der Waals surface area contributed by atoms with Crippen LogP contribution in [0.5, 0.6) is 0 Å². The quantitative estimate of drug-likeness (QED) is 0.872. The number of nitrogens with zero attached hydrogens (tertiary/aromatic N) is 3. The Bertz CT molecular complexity index is 546. The third-order valence-corrected chi connectivity index (χ3v) is 3.30. The fourth-order valence-electron chi connectivity index (χ4n) is 1.20. The molecule has 0 radical (unpaired) electrons. The highest BCUT2D eigenvalue weighted by Gasteiger charge is 2.20. The summed E-state index contributed by atoms with van der Waals surface area (Å²) in [5, 5.41) is 11.6. The number of hydrogen-bond acceptors (Lipinski definition) is 6. The van der Waals surface area contributed by atoms with E-state index in [2.05, 4.69) is 20.5 Å². The van der Waals surface area contributed by atoms with Crippen LogP contribution in [0.3, 0.4) is 0 Å². The van der Waals surface area contributed by atoms with Crippen molar-refractivity contribution < 1.29 is 4.79 Å². The first-order chi connectivity index (χ1) is 8.47. The molecule has 0 aliphatic rings. The number of amides is 1. The molecule has 2 aromatic heterocycles. The topological polar surface area (TPSA) is 93.8 Å². The number of nitrogens with one attached hydrogen (secondary N) is 1. The van der Waals surface area contributed by atoms with E-state index in [0.29, 0.717) is 15.7 Å². The van der Waals surface area contributed by atoms with Crippen LogP contribution >= 0.6 is 11.3 Å². The Hall–Kier alpha value is -1.86. The Kier molecular flexibility index (Phi) is 3.35. The Balaban J connectivity index is 2.11. The van der Waals surface area contributed by atoms with Crippen molar-refractivity contribution in [1.82, 2.24) is 15.2 Å². The molecule has 2 heterocycles. The largest absolute Gasteiger partial charge is 0.320 e. The van der Waals surface area contributed by atoms with Gasteiger partial charge in [0.25, 0.3) is 5.91 Å². The molecule has 3 N–H and O–H groups in total. The third kappa shape index (κ3) is 2.88. The highest BCUT2D eigenvalue weighted by atomic mass is 32.1. The maximum atomic E-state index is 11.8. The van der Waals surface area contributed by atoms with Crippen molar-refractivity contribution in [2.24, 2.45) is 5.73 Å². The molecule has 0 aliphatic heterocycles.